The van der Waals surface area contributed by atoms with E-state index in [1.54, 1.807) is 18.2 Å². The van der Waals surface area contributed by atoms with Crippen LogP contribution in [-0.4, -0.2) is 64.9 Å². The molecule has 0 bridgehead atoms. The number of benzene rings is 3. The van der Waals surface area contributed by atoms with Gasteiger partial charge in [0.2, 0.25) is 10.0 Å². The molecule has 0 aliphatic carbocycles. The molecule has 1 fully saturated rings. The number of hydrogen-bond donors (Lipinski definition) is 2. The van der Waals surface area contributed by atoms with Crippen molar-refractivity contribution in [3.63, 3.8) is 0 Å². The third-order valence-electron chi connectivity index (χ3n) is 7.63. The Labute approximate surface area is 254 Å². The first-order chi connectivity index (χ1) is 20.8. The van der Waals surface area contributed by atoms with Gasteiger partial charge in [0.25, 0.3) is 5.91 Å². The predicted octanol–water partition coefficient (Wildman–Crippen LogP) is 5.67. The van der Waals surface area contributed by atoms with Crippen LogP contribution in [0.1, 0.15) is 44.2 Å². The number of hydrogen-bond acceptors (Lipinski definition) is 7. The number of nitrogens with zero attached hydrogens (tertiary/aromatic N) is 2. The lowest BCUT2D eigenvalue weighted by molar-refractivity contribution is -0.110. The molecule has 3 aromatic rings. The van der Waals surface area contributed by atoms with Crippen molar-refractivity contribution in [1.29, 1.82) is 0 Å². The summed E-state index contributed by atoms with van der Waals surface area (Å²) in [7, 11) is -3.47. The maximum Gasteiger partial charge on any atom is 0.258 e. The van der Waals surface area contributed by atoms with Gasteiger partial charge < -0.3 is 25.0 Å². The highest BCUT2D eigenvalue weighted by molar-refractivity contribution is 7.92. The van der Waals surface area contributed by atoms with Gasteiger partial charge in [0.15, 0.2) is 11.5 Å². The lowest BCUT2D eigenvalue weighted by atomic mass is 9.99. The maximum absolute atomic E-state index is 13.5. The number of anilines is 3. The molecule has 0 spiro atoms. The van der Waals surface area contributed by atoms with Crippen LogP contribution >= 0.6 is 0 Å². The highest BCUT2D eigenvalue weighted by Gasteiger charge is 2.31. The molecule has 0 aromatic heterocycles. The van der Waals surface area contributed by atoms with Gasteiger partial charge in [0.05, 0.1) is 42.1 Å². The van der Waals surface area contributed by atoms with Crippen LogP contribution < -0.4 is 24.4 Å². The van der Waals surface area contributed by atoms with E-state index >= 15 is 0 Å². The van der Waals surface area contributed by atoms with E-state index in [1.165, 1.54) is 17.0 Å². The average molecular weight is 605 g/mol. The van der Waals surface area contributed by atoms with E-state index in [0.29, 0.717) is 66.0 Å². The SMILES string of the molecule is CCOc1cc2c(cc1OCC)/C(=C(/Nc1ccc(N(CCN3CCCCC3)S(C)(=O)=O)cc1)c1ccccc1)C(=O)N2. The third-order valence-corrected chi connectivity index (χ3v) is 8.83. The van der Waals surface area contributed by atoms with Gasteiger partial charge >= 0.3 is 0 Å². The van der Waals surface area contributed by atoms with Crippen molar-refractivity contribution in [3.8, 4) is 11.5 Å². The Bertz CT molecular complexity index is 1570. The molecule has 43 heavy (non-hydrogen) atoms. The Hall–Kier alpha value is -4.02. The highest BCUT2D eigenvalue weighted by atomic mass is 32.2. The zero-order valence-electron chi connectivity index (χ0n) is 25.1. The van der Waals surface area contributed by atoms with E-state index < -0.39 is 10.0 Å². The fourth-order valence-electron chi connectivity index (χ4n) is 5.60. The van der Waals surface area contributed by atoms with E-state index in [2.05, 4.69) is 15.5 Å². The standard InChI is InChI=1S/C33H40N4O5S/c1-4-41-29-22-27-28(23-30(29)42-5-2)35-33(38)31(27)32(24-12-8-6-9-13-24)34-25-14-16-26(17-15-25)37(43(3,39)40)21-20-36-18-10-7-11-19-36/h6,8-9,12-17,22-23,34H,4-5,7,10-11,18-21H2,1-3H3,(H,35,38)/b32-31-. The highest BCUT2D eigenvalue weighted by Crippen LogP contribution is 2.43. The molecule has 10 heteroatoms. The molecule has 0 unspecified atom stereocenters. The fourth-order valence-corrected chi connectivity index (χ4v) is 6.52. The lowest BCUT2D eigenvalue weighted by Crippen LogP contribution is -2.40. The molecule has 2 aliphatic rings. The first kappa shape index (κ1) is 30.4. The van der Waals surface area contributed by atoms with E-state index in [0.717, 1.165) is 37.2 Å². The number of likely N-dealkylation sites (tertiary alicyclic amines) is 1. The average Bonchev–Trinajstić information content (AvgIpc) is 3.31. The summed E-state index contributed by atoms with van der Waals surface area (Å²) >= 11 is 0. The summed E-state index contributed by atoms with van der Waals surface area (Å²) in [6.45, 7) is 7.84. The summed E-state index contributed by atoms with van der Waals surface area (Å²) in [6, 6.07) is 20.6. The molecular weight excluding hydrogens is 564 g/mol. The summed E-state index contributed by atoms with van der Waals surface area (Å²) in [6.07, 6.45) is 4.79. The zero-order valence-corrected chi connectivity index (χ0v) is 25.9. The number of ether oxygens (including phenoxy) is 2. The van der Waals surface area contributed by atoms with Crippen LogP contribution in [-0.2, 0) is 14.8 Å². The number of piperidine rings is 1. The second-order valence-electron chi connectivity index (χ2n) is 10.7. The van der Waals surface area contributed by atoms with Gasteiger partial charge in [-0.3, -0.25) is 9.10 Å². The number of carbonyl (C=O) groups is 1. The van der Waals surface area contributed by atoms with Crippen LogP contribution in [0.2, 0.25) is 0 Å². The lowest BCUT2D eigenvalue weighted by Gasteiger charge is -2.30. The number of fused-ring (bicyclic) bond motifs is 1. The first-order valence-corrected chi connectivity index (χ1v) is 16.8. The van der Waals surface area contributed by atoms with Crippen molar-refractivity contribution < 1.29 is 22.7 Å². The summed E-state index contributed by atoms with van der Waals surface area (Å²) in [5.74, 6) is 0.902. The Morgan fingerprint density at radius 1 is 0.930 bits per heavy atom. The van der Waals surface area contributed by atoms with Crippen LogP contribution in [0.25, 0.3) is 11.3 Å². The number of carbonyl (C=O) groups excluding carboxylic acids is 1. The third kappa shape index (κ3) is 7.14. The molecule has 9 nitrogen and oxygen atoms in total. The molecule has 1 saturated heterocycles. The Balaban J connectivity index is 1.48. The van der Waals surface area contributed by atoms with Gasteiger partial charge in [-0.05, 0) is 75.7 Å². The van der Waals surface area contributed by atoms with Crippen LogP contribution in [0.5, 0.6) is 11.5 Å². The van der Waals surface area contributed by atoms with Gasteiger partial charge in [-0.1, -0.05) is 36.8 Å². The molecule has 0 radical (unpaired) electrons. The molecule has 5 rings (SSSR count). The summed E-state index contributed by atoms with van der Waals surface area (Å²) in [4.78, 5) is 15.8. The van der Waals surface area contributed by atoms with Crippen molar-refractivity contribution in [2.45, 2.75) is 33.1 Å². The van der Waals surface area contributed by atoms with E-state index in [1.807, 2.05) is 62.4 Å². The monoisotopic (exact) mass is 604 g/mol. The summed E-state index contributed by atoms with van der Waals surface area (Å²) < 4.78 is 38.6. The predicted molar refractivity (Wildman–Crippen MR) is 173 cm³/mol. The minimum Gasteiger partial charge on any atom is -0.490 e. The van der Waals surface area contributed by atoms with E-state index in [9.17, 15) is 13.2 Å². The van der Waals surface area contributed by atoms with Crippen molar-refractivity contribution in [2.24, 2.45) is 0 Å². The minimum atomic E-state index is -3.47. The maximum atomic E-state index is 13.5. The quantitative estimate of drug-likeness (QED) is 0.257. The minimum absolute atomic E-state index is 0.241. The zero-order chi connectivity index (χ0) is 30.4. The van der Waals surface area contributed by atoms with Crippen molar-refractivity contribution in [3.05, 3.63) is 77.9 Å². The van der Waals surface area contributed by atoms with Crippen molar-refractivity contribution >= 4 is 44.3 Å². The number of nitrogens with one attached hydrogen (secondary N) is 2. The van der Waals surface area contributed by atoms with Crippen molar-refractivity contribution in [1.82, 2.24) is 4.90 Å². The number of rotatable bonds is 12. The molecule has 3 aromatic carbocycles. The van der Waals surface area contributed by atoms with Crippen LogP contribution in [0.3, 0.4) is 0 Å². The molecule has 2 aliphatic heterocycles. The van der Waals surface area contributed by atoms with Gasteiger partial charge in [-0.2, -0.15) is 0 Å². The molecule has 1 amide bonds. The van der Waals surface area contributed by atoms with Gasteiger partial charge in [0.1, 0.15) is 0 Å². The van der Waals surface area contributed by atoms with E-state index in [4.69, 9.17) is 9.47 Å². The fraction of sp³-hybridized carbons (Fsp3) is 0.364. The van der Waals surface area contributed by atoms with Gasteiger partial charge in [-0.15, -0.1) is 0 Å². The molecule has 0 saturated carbocycles. The largest absolute Gasteiger partial charge is 0.490 e. The topological polar surface area (TPSA) is 100 Å². The van der Waals surface area contributed by atoms with Crippen LogP contribution in [0, 0.1) is 0 Å². The van der Waals surface area contributed by atoms with Crippen LogP contribution in [0.15, 0.2) is 66.7 Å². The molecule has 2 heterocycles. The first-order valence-electron chi connectivity index (χ1n) is 14.9. The Morgan fingerprint density at radius 3 is 2.21 bits per heavy atom. The van der Waals surface area contributed by atoms with E-state index in [-0.39, 0.29) is 5.91 Å². The second kappa shape index (κ2) is 13.5. The summed E-state index contributed by atoms with van der Waals surface area (Å²) in [5.41, 5.74) is 4.62. The van der Waals surface area contributed by atoms with Crippen LogP contribution in [0.4, 0.5) is 17.1 Å². The Morgan fingerprint density at radius 2 is 1.58 bits per heavy atom. The summed E-state index contributed by atoms with van der Waals surface area (Å²) in [5, 5.41) is 6.44. The normalized spacial score (nSPS) is 16.3. The molecule has 228 valence electrons. The number of amides is 1. The molecule has 2 N–H and O–H groups in total. The van der Waals surface area contributed by atoms with Gasteiger partial charge in [-0.25, -0.2) is 8.42 Å². The smallest absolute Gasteiger partial charge is 0.258 e. The van der Waals surface area contributed by atoms with Gasteiger partial charge in [0, 0.05) is 30.4 Å². The molecular formula is C33H40N4O5S. The van der Waals surface area contributed by atoms with Crippen molar-refractivity contribution in [2.75, 3.05) is 60.6 Å². The number of sulfonamides is 1. The second-order valence-corrected chi connectivity index (χ2v) is 12.6. The molecule has 0 atom stereocenters. The Kier molecular flexibility index (Phi) is 9.57.